The molecular formula is C9H8F2INO3. The summed E-state index contributed by atoms with van der Waals surface area (Å²) in [6.07, 6.45) is -2.87. The van der Waals surface area contributed by atoms with Gasteiger partial charge in [0.2, 0.25) is 0 Å². The maximum absolute atomic E-state index is 12.5. The molecule has 0 aliphatic rings. The van der Waals surface area contributed by atoms with Crippen molar-refractivity contribution in [3.05, 3.63) is 21.0 Å². The van der Waals surface area contributed by atoms with Crippen LogP contribution < -0.4 is 0 Å². The molecule has 1 aromatic heterocycles. The van der Waals surface area contributed by atoms with E-state index in [0.29, 0.717) is 0 Å². The van der Waals surface area contributed by atoms with E-state index in [2.05, 4.69) is 9.72 Å². The molecule has 0 bridgehead atoms. The first-order valence-corrected chi connectivity index (χ1v) is 5.40. The van der Waals surface area contributed by atoms with E-state index in [9.17, 15) is 18.7 Å². The SMILES string of the molecule is CCOC(=O)c1cc(C(F)F)c(O)c(I)n1. The zero-order valence-corrected chi connectivity index (χ0v) is 10.4. The minimum atomic E-state index is -2.87. The summed E-state index contributed by atoms with van der Waals surface area (Å²) in [5.41, 5.74) is -0.859. The van der Waals surface area contributed by atoms with Crippen LogP contribution in [0.3, 0.4) is 0 Å². The van der Waals surface area contributed by atoms with Gasteiger partial charge in [-0.15, -0.1) is 0 Å². The Morgan fingerprint density at radius 2 is 2.31 bits per heavy atom. The highest BCUT2D eigenvalue weighted by Crippen LogP contribution is 2.31. The quantitative estimate of drug-likeness (QED) is 0.521. The highest BCUT2D eigenvalue weighted by atomic mass is 127. The largest absolute Gasteiger partial charge is 0.505 e. The zero-order valence-electron chi connectivity index (χ0n) is 8.21. The first kappa shape index (κ1) is 13.1. The fourth-order valence-corrected chi connectivity index (χ4v) is 1.57. The van der Waals surface area contributed by atoms with Gasteiger partial charge in [0.1, 0.15) is 9.39 Å². The van der Waals surface area contributed by atoms with E-state index in [1.165, 1.54) is 0 Å². The van der Waals surface area contributed by atoms with Crippen LogP contribution in [0, 0.1) is 3.70 Å². The summed E-state index contributed by atoms with van der Waals surface area (Å²) in [5, 5.41) is 9.30. The molecular weight excluding hydrogens is 335 g/mol. The number of esters is 1. The number of hydrogen-bond donors (Lipinski definition) is 1. The van der Waals surface area contributed by atoms with Crippen molar-refractivity contribution >= 4 is 28.6 Å². The molecule has 0 aromatic carbocycles. The smallest absolute Gasteiger partial charge is 0.356 e. The summed E-state index contributed by atoms with van der Waals surface area (Å²) < 4.78 is 29.6. The summed E-state index contributed by atoms with van der Waals surface area (Å²) in [6, 6.07) is 0.833. The molecule has 1 heterocycles. The van der Waals surface area contributed by atoms with E-state index < -0.39 is 23.7 Å². The van der Waals surface area contributed by atoms with Gasteiger partial charge in [-0.25, -0.2) is 18.6 Å². The molecule has 0 aliphatic heterocycles. The number of aromatic nitrogens is 1. The number of alkyl halides is 2. The Bertz CT molecular complexity index is 412. The van der Waals surface area contributed by atoms with E-state index >= 15 is 0 Å². The van der Waals surface area contributed by atoms with Gasteiger partial charge in [0.15, 0.2) is 5.75 Å². The lowest BCUT2D eigenvalue weighted by Crippen LogP contribution is -2.09. The van der Waals surface area contributed by atoms with Crippen LogP contribution in [0.5, 0.6) is 5.75 Å². The predicted octanol–water partition coefficient (Wildman–Crippen LogP) is 2.51. The molecule has 4 nitrogen and oxygen atoms in total. The van der Waals surface area contributed by atoms with Gasteiger partial charge in [-0.2, -0.15) is 0 Å². The molecule has 0 spiro atoms. The maximum Gasteiger partial charge on any atom is 0.356 e. The Morgan fingerprint density at radius 1 is 1.69 bits per heavy atom. The van der Waals surface area contributed by atoms with E-state index in [-0.39, 0.29) is 16.0 Å². The van der Waals surface area contributed by atoms with Gasteiger partial charge in [-0.1, -0.05) is 0 Å². The van der Waals surface area contributed by atoms with Crippen molar-refractivity contribution in [2.45, 2.75) is 13.3 Å². The molecule has 0 aliphatic carbocycles. The van der Waals surface area contributed by atoms with Crippen LogP contribution in [0.1, 0.15) is 29.4 Å². The van der Waals surface area contributed by atoms with Crippen LogP contribution >= 0.6 is 22.6 Å². The summed E-state index contributed by atoms with van der Waals surface area (Å²) >= 11 is 1.57. The Balaban J connectivity index is 3.18. The lowest BCUT2D eigenvalue weighted by Gasteiger charge is -2.07. The fraction of sp³-hybridized carbons (Fsp3) is 0.333. The van der Waals surface area contributed by atoms with E-state index in [1.807, 2.05) is 0 Å². The number of carbonyl (C=O) groups excluding carboxylic acids is 1. The molecule has 1 N–H and O–H groups in total. The first-order valence-electron chi connectivity index (χ1n) is 4.32. The van der Waals surface area contributed by atoms with Gasteiger partial charge >= 0.3 is 5.97 Å². The molecule has 16 heavy (non-hydrogen) atoms. The molecule has 0 unspecified atom stereocenters. The first-order chi connectivity index (χ1) is 7.47. The van der Waals surface area contributed by atoms with Gasteiger partial charge in [-0.3, -0.25) is 0 Å². The molecule has 0 saturated heterocycles. The van der Waals surface area contributed by atoms with Crippen molar-refractivity contribution in [3.63, 3.8) is 0 Å². The van der Waals surface area contributed by atoms with Crippen molar-refractivity contribution in [2.24, 2.45) is 0 Å². The lowest BCUT2D eigenvalue weighted by atomic mass is 10.2. The van der Waals surface area contributed by atoms with Crippen LogP contribution in [-0.2, 0) is 4.74 Å². The number of halogens is 3. The van der Waals surface area contributed by atoms with Crippen molar-refractivity contribution in [1.82, 2.24) is 4.98 Å². The molecule has 0 radical (unpaired) electrons. The fourth-order valence-electron chi connectivity index (χ4n) is 1.00. The highest BCUT2D eigenvalue weighted by molar-refractivity contribution is 14.1. The number of rotatable bonds is 3. The summed E-state index contributed by atoms with van der Waals surface area (Å²) in [4.78, 5) is 14.9. The minimum Gasteiger partial charge on any atom is -0.505 e. The highest BCUT2D eigenvalue weighted by Gasteiger charge is 2.20. The lowest BCUT2D eigenvalue weighted by molar-refractivity contribution is 0.0518. The Labute approximate surface area is 104 Å². The third-order valence-corrected chi connectivity index (χ3v) is 2.45. The van der Waals surface area contributed by atoms with Crippen LogP contribution in [0.15, 0.2) is 6.07 Å². The van der Waals surface area contributed by atoms with Gasteiger partial charge in [0, 0.05) is 0 Å². The van der Waals surface area contributed by atoms with Gasteiger partial charge in [-0.05, 0) is 35.6 Å². The summed E-state index contributed by atoms with van der Waals surface area (Å²) in [5.74, 6) is -1.40. The van der Waals surface area contributed by atoms with Crippen molar-refractivity contribution in [1.29, 1.82) is 0 Å². The number of aromatic hydroxyl groups is 1. The number of ether oxygens (including phenoxy) is 1. The summed E-state index contributed by atoms with van der Waals surface area (Å²) in [6.45, 7) is 1.72. The second kappa shape index (κ2) is 5.37. The predicted molar refractivity (Wildman–Crippen MR) is 59.5 cm³/mol. The summed E-state index contributed by atoms with van der Waals surface area (Å²) in [7, 11) is 0. The van der Waals surface area contributed by atoms with Gasteiger partial charge < -0.3 is 9.84 Å². The van der Waals surface area contributed by atoms with Crippen LogP contribution in [-0.4, -0.2) is 22.7 Å². The maximum atomic E-state index is 12.5. The van der Waals surface area contributed by atoms with Gasteiger partial charge in [0.25, 0.3) is 6.43 Å². The Morgan fingerprint density at radius 3 is 2.81 bits per heavy atom. The molecule has 0 fully saturated rings. The molecule has 7 heteroatoms. The van der Waals surface area contributed by atoms with Crippen molar-refractivity contribution in [2.75, 3.05) is 6.61 Å². The van der Waals surface area contributed by atoms with E-state index in [4.69, 9.17) is 0 Å². The topological polar surface area (TPSA) is 59.4 Å². The second-order valence-electron chi connectivity index (χ2n) is 2.76. The minimum absolute atomic E-state index is 0.0570. The van der Waals surface area contributed by atoms with E-state index in [0.717, 1.165) is 6.07 Å². The molecule has 0 atom stereocenters. The number of hydrogen-bond acceptors (Lipinski definition) is 4. The second-order valence-corrected chi connectivity index (χ2v) is 3.78. The number of carbonyl (C=O) groups is 1. The molecule has 0 saturated carbocycles. The van der Waals surface area contributed by atoms with Crippen LogP contribution in [0.25, 0.3) is 0 Å². The van der Waals surface area contributed by atoms with Gasteiger partial charge in [0.05, 0.1) is 12.2 Å². The Hall–Kier alpha value is -0.990. The van der Waals surface area contributed by atoms with Crippen molar-refractivity contribution in [3.8, 4) is 5.75 Å². The molecule has 0 amide bonds. The normalized spacial score (nSPS) is 10.6. The monoisotopic (exact) mass is 343 g/mol. The molecule has 88 valence electrons. The van der Waals surface area contributed by atoms with Crippen LogP contribution in [0.4, 0.5) is 8.78 Å². The average molecular weight is 343 g/mol. The van der Waals surface area contributed by atoms with Crippen LogP contribution in [0.2, 0.25) is 0 Å². The molecule has 1 aromatic rings. The zero-order chi connectivity index (χ0) is 12.3. The third kappa shape index (κ3) is 2.77. The van der Waals surface area contributed by atoms with Crippen molar-refractivity contribution < 1.29 is 23.4 Å². The average Bonchev–Trinajstić information content (AvgIpc) is 2.21. The number of pyridine rings is 1. The van der Waals surface area contributed by atoms with E-state index in [1.54, 1.807) is 29.5 Å². The standard InChI is InChI=1S/C9H8F2INO3/c1-2-16-9(15)5-3-4(7(10)11)6(14)8(12)13-5/h3,7,14H,2H2,1H3. The Kier molecular flexibility index (Phi) is 4.39. The third-order valence-electron chi connectivity index (χ3n) is 1.70. The number of nitrogens with zero attached hydrogens (tertiary/aromatic N) is 1. The molecule has 1 rings (SSSR count).